The van der Waals surface area contributed by atoms with Gasteiger partial charge in [-0.05, 0) is 47.9 Å². The number of hydrogen-bond donors (Lipinski definition) is 2. The summed E-state index contributed by atoms with van der Waals surface area (Å²) < 4.78 is 61.7. The lowest BCUT2D eigenvalue weighted by atomic mass is 10.0. The van der Waals surface area contributed by atoms with Crippen molar-refractivity contribution in [2.24, 2.45) is 0 Å². The number of rotatable bonds is 7. The molecule has 2 aromatic rings. The normalized spacial score (nSPS) is 13.8. The average molecular weight is 412 g/mol. The fourth-order valence-corrected chi connectivity index (χ4v) is 3.87. The quantitative estimate of drug-likeness (QED) is 0.729. The van der Waals surface area contributed by atoms with Crippen molar-refractivity contribution in [1.82, 2.24) is 4.72 Å². The standard InChI is InChI=1S/C18H18F2N2O5S/c1-26-16-8-11(2-6-15(16)27-18(19)20)10-21-28(24,25)13-4-5-14-12(9-13)3-7-17(23)22-14/h2,4-6,8-9,18,21H,3,7,10H2,1H3,(H,22,23). The van der Waals surface area contributed by atoms with Gasteiger partial charge in [-0.1, -0.05) is 6.07 Å². The molecule has 150 valence electrons. The second-order valence-corrected chi connectivity index (χ2v) is 7.82. The number of carbonyl (C=O) groups is 1. The molecule has 0 unspecified atom stereocenters. The van der Waals surface area contributed by atoms with Crippen LogP contribution in [0.4, 0.5) is 14.5 Å². The van der Waals surface area contributed by atoms with Gasteiger partial charge in [0.25, 0.3) is 0 Å². The van der Waals surface area contributed by atoms with Crippen LogP contribution >= 0.6 is 0 Å². The summed E-state index contributed by atoms with van der Waals surface area (Å²) in [7, 11) is -2.51. The maximum atomic E-state index is 12.6. The van der Waals surface area contributed by atoms with Gasteiger partial charge in [0.2, 0.25) is 15.9 Å². The van der Waals surface area contributed by atoms with Crippen molar-refractivity contribution in [2.45, 2.75) is 30.9 Å². The van der Waals surface area contributed by atoms with Gasteiger partial charge in [-0.15, -0.1) is 0 Å². The first-order chi connectivity index (χ1) is 13.3. The summed E-state index contributed by atoms with van der Waals surface area (Å²) in [5.74, 6) is -0.170. The average Bonchev–Trinajstić information content (AvgIpc) is 2.66. The summed E-state index contributed by atoms with van der Waals surface area (Å²) in [5.41, 5.74) is 1.86. The second kappa shape index (κ2) is 8.11. The van der Waals surface area contributed by atoms with Gasteiger partial charge in [-0.2, -0.15) is 8.78 Å². The van der Waals surface area contributed by atoms with Crippen molar-refractivity contribution >= 4 is 21.6 Å². The maximum absolute atomic E-state index is 12.6. The Morgan fingerprint density at radius 2 is 1.93 bits per heavy atom. The monoisotopic (exact) mass is 412 g/mol. The van der Waals surface area contributed by atoms with Crippen LogP contribution in [0.1, 0.15) is 17.5 Å². The van der Waals surface area contributed by atoms with E-state index in [1.54, 1.807) is 6.07 Å². The molecule has 1 amide bonds. The third kappa shape index (κ3) is 4.57. The molecule has 2 aromatic carbocycles. The first-order valence-electron chi connectivity index (χ1n) is 8.32. The Balaban J connectivity index is 1.74. The first kappa shape index (κ1) is 20.0. The zero-order valence-electron chi connectivity index (χ0n) is 14.9. The van der Waals surface area contributed by atoms with E-state index in [1.165, 1.54) is 37.4 Å². The lowest BCUT2D eigenvalue weighted by molar-refractivity contribution is -0.116. The van der Waals surface area contributed by atoms with Gasteiger partial charge in [-0.25, -0.2) is 13.1 Å². The topological polar surface area (TPSA) is 93.7 Å². The van der Waals surface area contributed by atoms with E-state index in [0.29, 0.717) is 24.1 Å². The number of fused-ring (bicyclic) bond motifs is 1. The summed E-state index contributed by atoms with van der Waals surface area (Å²) in [6.07, 6.45) is 0.768. The Kier molecular flexibility index (Phi) is 5.80. The number of alkyl halides is 2. The molecule has 1 heterocycles. The lowest BCUT2D eigenvalue weighted by Gasteiger charge is -2.17. The highest BCUT2D eigenvalue weighted by Crippen LogP contribution is 2.30. The molecule has 1 aliphatic heterocycles. The minimum atomic E-state index is -3.81. The maximum Gasteiger partial charge on any atom is 0.387 e. The summed E-state index contributed by atoms with van der Waals surface area (Å²) in [4.78, 5) is 11.5. The van der Waals surface area contributed by atoms with E-state index in [0.717, 1.165) is 5.56 Å². The largest absolute Gasteiger partial charge is 0.493 e. The Hall–Kier alpha value is -2.72. The summed E-state index contributed by atoms with van der Waals surface area (Å²) in [6, 6.07) is 8.66. The van der Waals surface area contributed by atoms with E-state index in [1.807, 2.05) is 0 Å². The minimum absolute atomic E-state index is 0.0680. The van der Waals surface area contributed by atoms with E-state index in [-0.39, 0.29) is 28.8 Å². The number of sulfonamides is 1. The fourth-order valence-electron chi connectivity index (χ4n) is 2.80. The molecule has 0 saturated carbocycles. The lowest BCUT2D eigenvalue weighted by Crippen LogP contribution is -2.24. The highest BCUT2D eigenvalue weighted by molar-refractivity contribution is 7.89. The SMILES string of the molecule is COc1cc(CNS(=O)(=O)c2ccc3c(c2)CCC(=O)N3)ccc1OC(F)F. The number of amides is 1. The predicted octanol–water partition coefficient (Wildman–Crippen LogP) is 2.66. The number of halogens is 2. The van der Waals surface area contributed by atoms with Gasteiger partial charge < -0.3 is 14.8 Å². The number of hydrogen-bond acceptors (Lipinski definition) is 5. The number of carbonyl (C=O) groups excluding carboxylic acids is 1. The van der Waals surface area contributed by atoms with Gasteiger partial charge >= 0.3 is 6.61 Å². The molecule has 0 saturated heterocycles. The zero-order valence-corrected chi connectivity index (χ0v) is 15.7. The molecule has 0 aromatic heterocycles. The number of aryl methyl sites for hydroxylation is 1. The van der Waals surface area contributed by atoms with E-state index < -0.39 is 16.6 Å². The van der Waals surface area contributed by atoms with Crippen LogP contribution in [0.5, 0.6) is 11.5 Å². The molecule has 28 heavy (non-hydrogen) atoms. The van der Waals surface area contributed by atoms with Crippen LogP contribution < -0.4 is 19.5 Å². The molecule has 3 rings (SSSR count). The van der Waals surface area contributed by atoms with Gasteiger partial charge in [0.1, 0.15) is 0 Å². The third-order valence-corrected chi connectivity index (χ3v) is 5.59. The third-order valence-electron chi connectivity index (χ3n) is 4.19. The highest BCUT2D eigenvalue weighted by atomic mass is 32.2. The molecule has 10 heteroatoms. The molecule has 0 radical (unpaired) electrons. The predicted molar refractivity (Wildman–Crippen MR) is 97.0 cm³/mol. The molecular formula is C18H18F2N2O5S. The van der Waals surface area contributed by atoms with Crippen LogP contribution in [0.3, 0.4) is 0 Å². The smallest absolute Gasteiger partial charge is 0.387 e. The van der Waals surface area contributed by atoms with Crippen molar-refractivity contribution in [1.29, 1.82) is 0 Å². The van der Waals surface area contributed by atoms with E-state index in [4.69, 9.17) is 4.74 Å². The van der Waals surface area contributed by atoms with E-state index >= 15 is 0 Å². The van der Waals surface area contributed by atoms with Gasteiger partial charge in [0, 0.05) is 18.7 Å². The Bertz CT molecular complexity index is 995. The molecule has 7 nitrogen and oxygen atoms in total. The molecule has 0 bridgehead atoms. The van der Waals surface area contributed by atoms with E-state index in [9.17, 15) is 22.0 Å². The van der Waals surface area contributed by atoms with Crippen molar-refractivity contribution in [3.8, 4) is 11.5 Å². The highest BCUT2D eigenvalue weighted by Gasteiger charge is 2.20. The van der Waals surface area contributed by atoms with Crippen molar-refractivity contribution < 1.29 is 31.5 Å². The Morgan fingerprint density at radius 3 is 2.64 bits per heavy atom. The van der Waals surface area contributed by atoms with Gasteiger partial charge in [-0.3, -0.25) is 4.79 Å². The molecule has 0 atom stereocenters. The van der Waals surface area contributed by atoms with Crippen LogP contribution in [0.15, 0.2) is 41.3 Å². The molecule has 0 fully saturated rings. The van der Waals surface area contributed by atoms with Crippen LogP contribution in [0, 0.1) is 0 Å². The summed E-state index contributed by atoms with van der Waals surface area (Å²) in [6.45, 7) is -3.06. The minimum Gasteiger partial charge on any atom is -0.493 e. The van der Waals surface area contributed by atoms with Crippen LogP contribution in [0.2, 0.25) is 0 Å². The molecule has 1 aliphatic rings. The molecule has 0 aliphatic carbocycles. The first-order valence-corrected chi connectivity index (χ1v) is 9.81. The molecule has 2 N–H and O–H groups in total. The number of anilines is 1. The second-order valence-electron chi connectivity index (χ2n) is 6.06. The molecule has 0 spiro atoms. The molecular weight excluding hydrogens is 394 g/mol. The van der Waals surface area contributed by atoms with Gasteiger partial charge in [0.15, 0.2) is 11.5 Å². The Labute approximate surface area is 160 Å². The van der Waals surface area contributed by atoms with Crippen molar-refractivity contribution in [3.63, 3.8) is 0 Å². The van der Waals surface area contributed by atoms with Crippen LogP contribution in [-0.2, 0) is 27.8 Å². The number of nitrogens with one attached hydrogen (secondary N) is 2. The Morgan fingerprint density at radius 1 is 1.14 bits per heavy atom. The van der Waals surface area contributed by atoms with E-state index in [2.05, 4.69) is 14.8 Å². The zero-order chi connectivity index (χ0) is 20.3. The fraction of sp³-hybridized carbons (Fsp3) is 0.278. The number of methoxy groups -OCH3 is 1. The van der Waals surface area contributed by atoms with Gasteiger partial charge in [0.05, 0.1) is 12.0 Å². The van der Waals surface area contributed by atoms with Crippen molar-refractivity contribution in [3.05, 3.63) is 47.5 Å². The summed E-state index contributed by atoms with van der Waals surface area (Å²) >= 11 is 0. The van der Waals surface area contributed by atoms with Crippen molar-refractivity contribution in [2.75, 3.05) is 12.4 Å². The number of benzene rings is 2. The summed E-state index contributed by atoms with van der Waals surface area (Å²) in [5, 5.41) is 2.69. The van der Waals surface area contributed by atoms with Crippen LogP contribution in [0.25, 0.3) is 0 Å². The van der Waals surface area contributed by atoms with Crippen LogP contribution in [-0.4, -0.2) is 28.0 Å². The number of ether oxygens (including phenoxy) is 2.